The molecule has 1 aromatic rings. The van der Waals surface area contributed by atoms with Crippen molar-refractivity contribution in [3.63, 3.8) is 0 Å². The average molecular weight is 601 g/mol. The fraction of sp³-hybridized carbons (Fsp3) is 0.818. The highest BCUT2D eigenvalue weighted by atomic mass is 32.5. The van der Waals surface area contributed by atoms with E-state index in [1.807, 2.05) is 6.07 Å². The summed E-state index contributed by atoms with van der Waals surface area (Å²) in [6, 6.07) is 10.6. The summed E-state index contributed by atoms with van der Waals surface area (Å²) in [5.41, 5.74) is 1.30. The fourth-order valence-corrected chi connectivity index (χ4v) is 5.88. The van der Waals surface area contributed by atoms with E-state index in [0.717, 1.165) is 25.9 Å². The van der Waals surface area contributed by atoms with Crippen LogP contribution in [0.15, 0.2) is 30.3 Å². The number of benzene rings is 1. The van der Waals surface area contributed by atoms with Gasteiger partial charge in [-0.15, -0.1) is 0 Å². The van der Waals surface area contributed by atoms with Gasteiger partial charge in [-0.25, -0.2) is 0 Å². The molecule has 0 saturated heterocycles. The third-order valence-electron chi connectivity index (χ3n) is 8.00. The maximum absolute atomic E-state index is 9.60. The fourth-order valence-electron chi connectivity index (χ4n) is 5.34. The molecular weight excluding hydrogens is 537 g/mol. The van der Waals surface area contributed by atoms with Gasteiger partial charge in [0.25, 0.3) is 0 Å². The van der Waals surface area contributed by atoms with E-state index in [1.54, 1.807) is 0 Å². The second kappa shape index (κ2) is 23.2. The van der Waals surface area contributed by atoms with Crippen LogP contribution in [0, 0.1) is 5.92 Å². The maximum atomic E-state index is 9.60. The molecule has 7 heteroatoms. The molecule has 0 amide bonds. The van der Waals surface area contributed by atoms with Crippen LogP contribution in [0.4, 0.5) is 0 Å². The van der Waals surface area contributed by atoms with Crippen molar-refractivity contribution in [1.29, 1.82) is 0 Å². The summed E-state index contributed by atoms with van der Waals surface area (Å²) >= 11 is 4.70. The predicted molar refractivity (Wildman–Crippen MR) is 175 cm³/mol. The van der Waals surface area contributed by atoms with Crippen molar-refractivity contribution in [2.24, 2.45) is 5.92 Å². The molecule has 0 bridgehead atoms. The number of rotatable bonds is 27. The number of likely N-dealkylation sites (N-methyl/N-ethyl adjacent to an activating group) is 1. The SMILES string of the molecule is CCCCCCCCCCCCCCCCCCOCC(Cc1ccccc1)CC(COP(O)(O)=S)[N+](C)(C)C. The van der Waals surface area contributed by atoms with Gasteiger partial charge >= 0.3 is 6.72 Å². The highest BCUT2D eigenvalue weighted by Crippen LogP contribution is 2.37. The van der Waals surface area contributed by atoms with Crippen molar-refractivity contribution in [2.75, 3.05) is 41.0 Å². The molecule has 0 saturated carbocycles. The van der Waals surface area contributed by atoms with Crippen LogP contribution in [-0.4, -0.2) is 61.3 Å². The second-order valence-corrected chi connectivity index (χ2v) is 15.4. The van der Waals surface area contributed by atoms with Crippen LogP contribution in [0.5, 0.6) is 0 Å². The number of ether oxygens (including phenoxy) is 1. The monoisotopic (exact) mass is 600 g/mol. The molecule has 40 heavy (non-hydrogen) atoms. The van der Waals surface area contributed by atoms with Gasteiger partial charge in [0.15, 0.2) is 0 Å². The summed E-state index contributed by atoms with van der Waals surface area (Å²) in [5.74, 6) is 0.324. The summed E-state index contributed by atoms with van der Waals surface area (Å²) in [6.45, 7) is 0.370. The first kappa shape index (κ1) is 37.7. The molecule has 1 rings (SSSR count). The van der Waals surface area contributed by atoms with Gasteiger partial charge in [0.1, 0.15) is 12.6 Å². The molecule has 0 fully saturated rings. The van der Waals surface area contributed by atoms with Gasteiger partial charge in [0.05, 0.1) is 21.1 Å². The van der Waals surface area contributed by atoms with E-state index >= 15 is 0 Å². The van der Waals surface area contributed by atoms with Gasteiger partial charge in [-0.3, -0.25) is 0 Å². The Labute approximate surface area is 252 Å². The lowest BCUT2D eigenvalue weighted by atomic mass is 9.92. The number of unbranched alkanes of at least 4 members (excludes halogenated alkanes) is 15. The summed E-state index contributed by atoms with van der Waals surface area (Å²) in [6.07, 6.45) is 23.8. The van der Waals surface area contributed by atoms with Crippen LogP contribution in [-0.2, 0) is 27.5 Å². The van der Waals surface area contributed by atoms with Crippen LogP contribution in [0.25, 0.3) is 0 Å². The molecule has 1 aromatic carbocycles. The van der Waals surface area contributed by atoms with Crippen LogP contribution >= 0.6 is 6.72 Å². The van der Waals surface area contributed by atoms with Crippen molar-refractivity contribution in [2.45, 2.75) is 129 Å². The number of hydrogen-bond donors (Lipinski definition) is 2. The Bertz CT molecular complexity index is 753. The summed E-state index contributed by atoms with van der Waals surface area (Å²) in [4.78, 5) is 19.2. The van der Waals surface area contributed by atoms with E-state index < -0.39 is 6.72 Å². The molecule has 0 radical (unpaired) electrons. The highest BCUT2D eigenvalue weighted by molar-refractivity contribution is 8.06. The Balaban J connectivity index is 2.22. The van der Waals surface area contributed by atoms with E-state index in [4.69, 9.17) is 21.1 Å². The van der Waals surface area contributed by atoms with Crippen molar-refractivity contribution in [3.05, 3.63) is 35.9 Å². The van der Waals surface area contributed by atoms with Gasteiger partial charge in [0, 0.05) is 19.6 Å². The molecule has 2 unspecified atom stereocenters. The number of quaternary nitrogens is 1. The van der Waals surface area contributed by atoms with E-state index in [1.165, 1.54) is 102 Å². The Morgan fingerprint density at radius 1 is 0.725 bits per heavy atom. The van der Waals surface area contributed by atoms with Crippen molar-refractivity contribution in [3.8, 4) is 0 Å². The largest absolute Gasteiger partial charge is 0.381 e. The molecule has 234 valence electrons. The van der Waals surface area contributed by atoms with Gasteiger partial charge in [0.2, 0.25) is 0 Å². The summed E-state index contributed by atoms with van der Waals surface area (Å²) in [5, 5.41) is 0. The zero-order valence-corrected chi connectivity index (χ0v) is 28.1. The predicted octanol–water partition coefficient (Wildman–Crippen LogP) is 8.81. The van der Waals surface area contributed by atoms with Crippen molar-refractivity contribution < 1.29 is 23.5 Å². The smallest absolute Gasteiger partial charge is 0.322 e. The van der Waals surface area contributed by atoms with Gasteiger partial charge in [-0.05, 0) is 36.1 Å². The van der Waals surface area contributed by atoms with Crippen LogP contribution < -0.4 is 0 Å². The van der Waals surface area contributed by atoms with E-state index in [-0.39, 0.29) is 12.6 Å². The lowest BCUT2D eigenvalue weighted by molar-refractivity contribution is -0.897. The van der Waals surface area contributed by atoms with Gasteiger partial charge < -0.3 is 23.5 Å². The molecule has 2 N–H and O–H groups in total. The molecule has 0 spiro atoms. The van der Waals surface area contributed by atoms with Crippen LogP contribution in [0.2, 0.25) is 0 Å². The lowest BCUT2D eigenvalue weighted by Gasteiger charge is -2.36. The van der Waals surface area contributed by atoms with Crippen LogP contribution in [0.3, 0.4) is 0 Å². The number of nitrogens with zero attached hydrogens (tertiary/aromatic N) is 1. The van der Waals surface area contributed by atoms with Crippen molar-refractivity contribution >= 4 is 18.5 Å². The Kier molecular flexibility index (Phi) is 21.8. The summed E-state index contributed by atoms with van der Waals surface area (Å²) in [7, 11) is 6.34. The third-order valence-corrected chi connectivity index (χ3v) is 8.80. The quantitative estimate of drug-likeness (QED) is 0.0600. The zero-order valence-electron chi connectivity index (χ0n) is 26.4. The second-order valence-electron chi connectivity index (χ2n) is 12.7. The van der Waals surface area contributed by atoms with E-state index in [9.17, 15) is 9.79 Å². The molecule has 0 aliphatic heterocycles. The average Bonchev–Trinajstić information content (AvgIpc) is 2.89. The molecule has 0 aliphatic rings. The normalized spacial score (nSPS) is 13.9. The van der Waals surface area contributed by atoms with Gasteiger partial charge in [-0.2, -0.15) is 0 Å². The first-order valence-corrected chi connectivity index (χ1v) is 18.9. The molecule has 0 aromatic heterocycles. The molecule has 2 atom stereocenters. The topological polar surface area (TPSA) is 58.9 Å². The van der Waals surface area contributed by atoms with Gasteiger partial charge in [-0.1, -0.05) is 134 Å². The number of hydrogen-bond acceptors (Lipinski definition) is 3. The van der Waals surface area contributed by atoms with E-state index in [2.05, 4.69) is 52.3 Å². The van der Waals surface area contributed by atoms with Crippen molar-refractivity contribution in [1.82, 2.24) is 0 Å². The minimum atomic E-state index is -3.66. The van der Waals surface area contributed by atoms with Crippen LogP contribution in [0.1, 0.15) is 122 Å². The maximum Gasteiger partial charge on any atom is 0.322 e. The standard InChI is InChI=1S/C33H62NO4PS/c1-5-6-7-8-9-10-11-12-13-14-15-16-17-18-19-23-26-37-29-32(27-31-24-21-20-22-25-31)28-33(34(2,3)4)30-38-39(35,36)40/h20-22,24-25,32-33H,5-19,23,26-30H2,1-4H3,(H-,35,36,40)/p+1. The first-order chi connectivity index (χ1) is 19.1. The highest BCUT2D eigenvalue weighted by Gasteiger charge is 2.29. The molecular formula is C33H63NO4PS+. The Morgan fingerprint density at radius 3 is 1.65 bits per heavy atom. The Hall–Kier alpha value is -0.330. The lowest BCUT2D eigenvalue weighted by Crippen LogP contribution is -2.49. The Morgan fingerprint density at radius 2 is 1.20 bits per heavy atom. The summed E-state index contributed by atoms with van der Waals surface area (Å²) < 4.78 is 12.1. The molecule has 0 aliphatic carbocycles. The molecule has 5 nitrogen and oxygen atoms in total. The molecule has 0 heterocycles. The first-order valence-electron chi connectivity index (χ1n) is 16.2. The third kappa shape index (κ3) is 22.3. The van der Waals surface area contributed by atoms with E-state index in [0.29, 0.717) is 17.0 Å². The minimum absolute atomic E-state index is 0.0921. The minimum Gasteiger partial charge on any atom is -0.381 e. The zero-order chi connectivity index (χ0) is 29.5.